The molecule has 0 bridgehead atoms. The van der Waals surface area contributed by atoms with Gasteiger partial charge in [-0.25, -0.2) is 24.1 Å². The minimum absolute atomic E-state index is 0.155. The zero-order valence-electron chi connectivity index (χ0n) is 13.3. The Balaban J connectivity index is 1.64. The first-order valence-corrected chi connectivity index (χ1v) is 10.5. The molecule has 142 valence electrons. The van der Waals surface area contributed by atoms with Gasteiger partial charge in [0.1, 0.15) is 30.3 Å². The maximum Gasteiger partial charge on any atom is 0.481 e. The molecule has 0 amide bonds. The summed E-state index contributed by atoms with van der Waals surface area (Å²) in [4.78, 5) is 31.5. The quantitative estimate of drug-likeness (QED) is 0.600. The summed E-state index contributed by atoms with van der Waals surface area (Å²) < 4.78 is 44.7. The highest BCUT2D eigenvalue weighted by Crippen LogP contribution is 2.63. The van der Waals surface area contributed by atoms with Crippen molar-refractivity contribution in [1.82, 2.24) is 19.5 Å². The fourth-order valence-electron chi connectivity index (χ4n) is 2.89. The van der Waals surface area contributed by atoms with Crippen molar-refractivity contribution in [1.29, 1.82) is 0 Å². The van der Waals surface area contributed by atoms with Crippen LogP contribution < -0.4 is 5.32 Å². The largest absolute Gasteiger partial charge is 0.481 e. The van der Waals surface area contributed by atoms with Crippen LogP contribution in [0.15, 0.2) is 12.7 Å². The van der Waals surface area contributed by atoms with E-state index < -0.39 is 34.1 Å². The lowest BCUT2D eigenvalue weighted by molar-refractivity contribution is -0.0484. The smallest absolute Gasteiger partial charge is 0.371 e. The van der Waals surface area contributed by atoms with Gasteiger partial charge in [0.2, 0.25) is 0 Å². The predicted octanol–water partition coefficient (Wildman–Crippen LogP) is 0.788. The van der Waals surface area contributed by atoms with Gasteiger partial charge in [-0.05, 0) is 0 Å². The highest BCUT2D eigenvalue weighted by molar-refractivity contribution is 7.61. The van der Waals surface area contributed by atoms with E-state index in [0.717, 1.165) is 0 Å². The monoisotopic (exact) mass is 407 g/mol. The molecule has 4 heterocycles. The van der Waals surface area contributed by atoms with Crippen LogP contribution in [-0.4, -0.2) is 55.2 Å². The molecule has 4 rings (SSSR count). The molecule has 2 saturated heterocycles. The van der Waals surface area contributed by atoms with Gasteiger partial charge in [-0.3, -0.25) is 13.6 Å². The highest BCUT2D eigenvalue weighted by atomic mass is 31.3. The topological polar surface area (TPSA) is 167 Å². The number of aromatic nitrogens is 4. The molecule has 3 N–H and O–H groups in total. The molecule has 2 aromatic heterocycles. The van der Waals surface area contributed by atoms with Gasteiger partial charge >= 0.3 is 15.6 Å². The standard InChI is InChI=1S/C11H15N5O8P2/c1-12-10-9-11(14-4-13-10)16(5-15-9)8-2-6-7(22-8)3-21-25(17,18)24-26(19,20)23-6/h4-8H,2-3H2,1H3,(H,17,18)(H,19,20)(H,12,13,14)/t6-,7+,8+/m0/s1. The average Bonchev–Trinajstić information content (AvgIpc) is 3.14. The van der Waals surface area contributed by atoms with Gasteiger partial charge < -0.3 is 19.8 Å². The van der Waals surface area contributed by atoms with Crippen molar-refractivity contribution in [3.63, 3.8) is 0 Å². The van der Waals surface area contributed by atoms with Crippen LogP contribution >= 0.6 is 15.6 Å². The van der Waals surface area contributed by atoms with Crippen LogP contribution in [0.3, 0.4) is 0 Å². The van der Waals surface area contributed by atoms with Gasteiger partial charge in [-0.2, -0.15) is 4.31 Å². The molecule has 15 heteroatoms. The third kappa shape index (κ3) is 3.28. The first-order valence-electron chi connectivity index (χ1n) is 7.48. The van der Waals surface area contributed by atoms with Crippen molar-refractivity contribution in [2.75, 3.05) is 19.0 Å². The zero-order valence-corrected chi connectivity index (χ0v) is 15.1. The van der Waals surface area contributed by atoms with Gasteiger partial charge in [0.25, 0.3) is 0 Å². The maximum absolute atomic E-state index is 11.8. The number of nitrogens with one attached hydrogen (secondary N) is 1. The van der Waals surface area contributed by atoms with Crippen LogP contribution in [0.1, 0.15) is 12.6 Å². The maximum atomic E-state index is 11.8. The van der Waals surface area contributed by atoms with E-state index in [2.05, 4.69) is 24.6 Å². The van der Waals surface area contributed by atoms with E-state index in [1.807, 2.05) is 0 Å². The molecule has 0 radical (unpaired) electrons. The Bertz CT molecular complexity index is 936. The SMILES string of the molecule is CNc1ncnc2c1ncn2[C@H]1C[C@@H]2OP(=O)(O)OP(=O)(O)OC[C@H]2O1. The molecular weight excluding hydrogens is 392 g/mol. The van der Waals surface area contributed by atoms with Gasteiger partial charge in [-0.15, -0.1) is 0 Å². The Morgan fingerprint density at radius 3 is 2.81 bits per heavy atom. The van der Waals surface area contributed by atoms with Crippen molar-refractivity contribution >= 4 is 32.6 Å². The van der Waals surface area contributed by atoms with E-state index in [9.17, 15) is 18.9 Å². The molecule has 2 aliphatic rings. The Labute approximate surface area is 146 Å². The number of phosphoric acid groups is 2. The highest BCUT2D eigenvalue weighted by Gasteiger charge is 2.48. The van der Waals surface area contributed by atoms with E-state index in [1.165, 1.54) is 12.7 Å². The molecule has 26 heavy (non-hydrogen) atoms. The van der Waals surface area contributed by atoms with Crippen LogP contribution in [0, 0.1) is 0 Å². The van der Waals surface area contributed by atoms with Gasteiger partial charge in [-0.1, -0.05) is 0 Å². The fourth-order valence-corrected chi connectivity index (χ4v) is 5.17. The van der Waals surface area contributed by atoms with E-state index in [1.54, 1.807) is 11.6 Å². The number of rotatable bonds is 2. The molecule has 0 aliphatic carbocycles. The van der Waals surface area contributed by atoms with Crippen LogP contribution in [0.5, 0.6) is 0 Å². The molecule has 0 saturated carbocycles. The number of ether oxygens (including phenoxy) is 1. The van der Waals surface area contributed by atoms with Crippen LogP contribution in [0.4, 0.5) is 5.82 Å². The molecule has 2 aliphatic heterocycles. The van der Waals surface area contributed by atoms with Crippen molar-refractivity contribution in [2.24, 2.45) is 0 Å². The van der Waals surface area contributed by atoms with Crippen molar-refractivity contribution in [3.8, 4) is 0 Å². The summed E-state index contributed by atoms with van der Waals surface area (Å²) in [6.07, 6.45) is 0.627. The lowest BCUT2D eigenvalue weighted by atomic mass is 10.2. The molecule has 2 aromatic rings. The Morgan fingerprint density at radius 1 is 1.23 bits per heavy atom. The Morgan fingerprint density at radius 2 is 2.04 bits per heavy atom. The van der Waals surface area contributed by atoms with E-state index in [0.29, 0.717) is 17.0 Å². The first-order chi connectivity index (χ1) is 12.3. The van der Waals surface area contributed by atoms with Crippen LogP contribution in [0.2, 0.25) is 0 Å². The number of imidazole rings is 1. The second-order valence-electron chi connectivity index (χ2n) is 5.62. The minimum Gasteiger partial charge on any atom is -0.371 e. The lowest BCUT2D eigenvalue weighted by Gasteiger charge is -2.26. The van der Waals surface area contributed by atoms with Crippen LogP contribution in [0.25, 0.3) is 11.2 Å². The normalized spacial score (nSPS) is 37.9. The third-order valence-electron chi connectivity index (χ3n) is 3.96. The van der Waals surface area contributed by atoms with Crippen molar-refractivity contribution < 1.29 is 37.0 Å². The molecule has 5 atom stereocenters. The second kappa shape index (κ2) is 6.32. The second-order valence-corrected chi connectivity index (χ2v) is 8.62. The van der Waals surface area contributed by atoms with Gasteiger partial charge in [0, 0.05) is 13.5 Å². The lowest BCUT2D eigenvalue weighted by Crippen LogP contribution is -2.30. The molecule has 2 fully saturated rings. The summed E-state index contributed by atoms with van der Waals surface area (Å²) in [5.41, 5.74) is 1.01. The summed E-state index contributed by atoms with van der Waals surface area (Å²) in [7, 11) is -7.82. The van der Waals surface area contributed by atoms with Gasteiger partial charge in [0.05, 0.1) is 12.9 Å². The van der Waals surface area contributed by atoms with Crippen molar-refractivity contribution in [3.05, 3.63) is 12.7 Å². The number of hydrogen-bond acceptors (Lipinski definition) is 10. The Hall–Kier alpha value is -1.43. The molecular formula is C11H15N5O8P2. The molecule has 13 nitrogen and oxygen atoms in total. The molecule has 0 spiro atoms. The fraction of sp³-hybridized carbons (Fsp3) is 0.545. The summed E-state index contributed by atoms with van der Waals surface area (Å²) in [5, 5.41) is 2.90. The first kappa shape index (κ1) is 18.0. The van der Waals surface area contributed by atoms with Gasteiger partial charge in [0.15, 0.2) is 11.5 Å². The predicted molar refractivity (Wildman–Crippen MR) is 85.0 cm³/mol. The average molecular weight is 407 g/mol. The molecule has 2 unspecified atom stereocenters. The van der Waals surface area contributed by atoms with E-state index in [4.69, 9.17) is 13.8 Å². The van der Waals surface area contributed by atoms with E-state index >= 15 is 0 Å². The Kier molecular flexibility index (Phi) is 4.37. The summed E-state index contributed by atoms with van der Waals surface area (Å²) in [5.74, 6) is 0.534. The summed E-state index contributed by atoms with van der Waals surface area (Å²) >= 11 is 0. The summed E-state index contributed by atoms with van der Waals surface area (Å²) in [6.45, 7) is -0.349. The number of hydrogen-bond donors (Lipinski definition) is 3. The number of anilines is 1. The zero-order chi connectivity index (χ0) is 18.5. The number of phosphoric ester groups is 2. The van der Waals surface area contributed by atoms with Crippen LogP contribution in [-0.2, 0) is 27.2 Å². The third-order valence-corrected chi connectivity index (χ3v) is 6.63. The summed E-state index contributed by atoms with van der Waals surface area (Å²) in [6, 6.07) is 0. The van der Waals surface area contributed by atoms with Crippen molar-refractivity contribution in [2.45, 2.75) is 24.9 Å². The number of nitrogens with zero attached hydrogens (tertiary/aromatic N) is 4. The molecule has 0 aromatic carbocycles. The minimum atomic E-state index is -4.79. The number of fused-ring (bicyclic) bond motifs is 2. The van der Waals surface area contributed by atoms with E-state index in [-0.39, 0.29) is 13.0 Å².